The van der Waals surface area contributed by atoms with Crippen LogP contribution in [0.1, 0.15) is 5.56 Å². The Morgan fingerprint density at radius 2 is 1.96 bits per heavy atom. The van der Waals surface area contributed by atoms with Crippen molar-refractivity contribution in [3.05, 3.63) is 70.7 Å². The molecule has 0 radical (unpaired) electrons. The second-order valence-corrected chi connectivity index (χ2v) is 6.05. The molecule has 0 aliphatic carbocycles. The van der Waals surface area contributed by atoms with Crippen molar-refractivity contribution >= 4 is 28.9 Å². The number of guanidine groups is 1. The van der Waals surface area contributed by atoms with E-state index in [0.29, 0.717) is 23.2 Å². The largest absolute Gasteiger partial charge is 0.603 e. The molecular formula is C17H15ClN6O. The smallest absolute Gasteiger partial charge is 0.243 e. The average molecular weight is 355 g/mol. The quantitative estimate of drug-likeness (QED) is 0.543. The second-order valence-electron chi connectivity index (χ2n) is 5.62. The fourth-order valence-corrected chi connectivity index (χ4v) is 2.73. The summed E-state index contributed by atoms with van der Waals surface area (Å²) in [6.45, 7) is 0.447. The van der Waals surface area contributed by atoms with Crippen LogP contribution in [0.3, 0.4) is 0 Å². The van der Waals surface area contributed by atoms with Gasteiger partial charge in [-0.1, -0.05) is 29.8 Å². The molecule has 0 bridgehead atoms. The number of anilines is 1. The summed E-state index contributed by atoms with van der Waals surface area (Å²) < 4.78 is 0. The van der Waals surface area contributed by atoms with E-state index in [4.69, 9.17) is 11.6 Å². The molecule has 1 aliphatic heterocycles. The lowest BCUT2D eigenvalue weighted by molar-refractivity contribution is -0.816. The summed E-state index contributed by atoms with van der Waals surface area (Å²) in [6, 6.07) is 13.1. The highest BCUT2D eigenvalue weighted by atomic mass is 35.5. The van der Waals surface area contributed by atoms with Crippen molar-refractivity contribution in [2.75, 3.05) is 5.32 Å². The van der Waals surface area contributed by atoms with Gasteiger partial charge in [-0.3, -0.25) is 5.10 Å². The van der Waals surface area contributed by atoms with Crippen molar-refractivity contribution in [3.63, 3.8) is 0 Å². The van der Waals surface area contributed by atoms with E-state index >= 15 is 0 Å². The third kappa shape index (κ3) is 3.34. The van der Waals surface area contributed by atoms with E-state index in [9.17, 15) is 5.21 Å². The Hall–Kier alpha value is -2.87. The van der Waals surface area contributed by atoms with Crippen LogP contribution in [0.15, 0.2) is 59.9 Å². The van der Waals surface area contributed by atoms with Crippen LogP contribution in [0, 0.1) is 5.21 Å². The number of benzene rings is 2. The molecule has 1 aliphatic rings. The number of quaternary nitrogens is 1. The van der Waals surface area contributed by atoms with E-state index in [2.05, 4.69) is 25.9 Å². The van der Waals surface area contributed by atoms with Crippen molar-refractivity contribution in [2.24, 2.45) is 4.99 Å². The van der Waals surface area contributed by atoms with Gasteiger partial charge in [0.2, 0.25) is 5.96 Å². The Morgan fingerprint density at radius 1 is 1.12 bits per heavy atom. The van der Waals surface area contributed by atoms with E-state index in [1.54, 1.807) is 12.4 Å². The van der Waals surface area contributed by atoms with Crippen molar-refractivity contribution in [3.8, 4) is 11.1 Å². The minimum Gasteiger partial charge on any atom is -0.603 e. The lowest BCUT2D eigenvalue weighted by Gasteiger charge is -2.30. The molecule has 2 aromatic carbocycles. The van der Waals surface area contributed by atoms with Crippen molar-refractivity contribution in [2.45, 2.75) is 6.54 Å². The van der Waals surface area contributed by atoms with Crippen LogP contribution < -0.4 is 15.9 Å². The normalized spacial score (nSPS) is 17.7. The van der Waals surface area contributed by atoms with Gasteiger partial charge in [0.25, 0.3) is 0 Å². The van der Waals surface area contributed by atoms with Gasteiger partial charge in [-0.05, 0) is 29.3 Å². The Bertz CT molecular complexity index is 907. The number of aromatic amines is 1. The topological polar surface area (TPSA) is 92.6 Å². The number of H-pyrrole nitrogens is 1. The first-order chi connectivity index (χ1) is 12.2. The fraction of sp³-hybridized carbons (Fsp3) is 0.0588. The third-order valence-corrected chi connectivity index (χ3v) is 4.17. The Kier molecular flexibility index (Phi) is 4.10. The number of rotatable bonds is 3. The van der Waals surface area contributed by atoms with E-state index in [1.165, 1.54) is 0 Å². The maximum atomic E-state index is 12.4. The zero-order valence-electron chi connectivity index (χ0n) is 13.1. The molecule has 4 N–H and O–H groups in total. The highest BCUT2D eigenvalue weighted by Crippen LogP contribution is 2.27. The molecule has 0 saturated heterocycles. The van der Waals surface area contributed by atoms with Crippen LogP contribution in [0.4, 0.5) is 11.4 Å². The number of aromatic nitrogens is 2. The fourth-order valence-electron chi connectivity index (χ4n) is 2.60. The van der Waals surface area contributed by atoms with E-state index in [1.807, 2.05) is 42.5 Å². The third-order valence-electron chi connectivity index (χ3n) is 3.91. The van der Waals surface area contributed by atoms with Gasteiger partial charge in [-0.2, -0.15) is 10.5 Å². The minimum atomic E-state index is -0.186. The molecule has 126 valence electrons. The summed E-state index contributed by atoms with van der Waals surface area (Å²) in [5.41, 5.74) is 6.94. The van der Waals surface area contributed by atoms with Gasteiger partial charge >= 0.3 is 0 Å². The summed E-state index contributed by atoms with van der Waals surface area (Å²) in [5, 5.41) is 22.7. The molecule has 2 heterocycles. The second kappa shape index (κ2) is 6.56. The molecular weight excluding hydrogens is 340 g/mol. The highest BCUT2D eigenvalue weighted by Gasteiger charge is 2.20. The van der Waals surface area contributed by atoms with Crippen LogP contribution in [-0.4, -0.2) is 16.2 Å². The van der Waals surface area contributed by atoms with Gasteiger partial charge in [-0.15, -0.1) is 0 Å². The monoisotopic (exact) mass is 354 g/mol. The van der Waals surface area contributed by atoms with E-state index in [-0.39, 0.29) is 5.17 Å². The number of hydrogen-bond donors (Lipinski definition) is 4. The number of nitrogens with one attached hydrogen (secondary N) is 4. The maximum absolute atomic E-state index is 12.4. The molecule has 0 saturated carbocycles. The number of hydrogen-bond acceptors (Lipinski definition) is 3. The van der Waals surface area contributed by atoms with Gasteiger partial charge in [-0.25, -0.2) is 10.2 Å². The molecule has 7 nitrogen and oxygen atoms in total. The molecule has 3 aromatic rings. The Morgan fingerprint density at radius 3 is 2.72 bits per heavy atom. The molecule has 4 rings (SSSR count). The summed E-state index contributed by atoms with van der Waals surface area (Å²) >= 11 is 5.87. The van der Waals surface area contributed by atoms with Gasteiger partial charge in [0, 0.05) is 22.8 Å². The number of fused-ring (bicyclic) bond motifs is 1. The zero-order chi connectivity index (χ0) is 17.2. The van der Waals surface area contributed by atoms with Crippen LogP contribution >= 0.6 is 11.6 Å². The van der Waals surface area contributed by atoms with Crippen LogP contribution in [-0.2, 0) is 6.54 Å². The van der Waals surface area contributed by atoms with Crippen molar-refractivity contribution in [1.29, 1.82) is 0 Å². The Labute approximate surface area is 148 Å². The predicted octanol–water partition coefficient (Wildman–Crippen LogP) is 2.23. The summed E-state index contributed by atoms with van der Waals surface area (Å²) in [6.07, 6.45) is 3.50. The molecule has 8 heteroatoms. The SMILES string of the molecule is [O-][NH+]1NC(=NCc2ccc(Cl)cc2)Nc2ccc(-c3cn[nH]c3)cc21. The lowest BCUT2D eigenvalue weighted by atomic mass is 10.1. The molecule has 25 heavy (non-hydrogen) atoms. The summed E-state index contributed by atoms with van der Waals surface area (Å²) in [4.78, 5) is 4.42. The van der Waals surface area contributed by atoms with E-state index in [0.717, 1.165) is 22.4 Å². The van der Waals surface area contributed by atoms with Gasteiger partial charge < -0.3 is 10.5 Å². The van der Waals surface area contributed by atoms with Crippen molar-refractivity contribution < 1.29 is 5.17 Å². The minimum absolute atomic E-state index is 0.186. The lowest BCUT2D eigenvalue weighted by Crippen LogP contribution is -3.11. The zero-order valence-corrected chi connectivity index (χ0v) is 13.8. The Balaban J connectivity index is 1.54. The first kappa shape index (κ1) is 15.6. The number of nitrogens with zero attached hydrogens (tertiary/aromatic N) is 2. The average Bonchev–Trinajstić information content (AvgIpc) is 3.16. The maximum Gasteiger partial charge on any atom is 0.243 e. The molecule has 0 amide bonds. The molecule has 1 atom stereocenters. The van der Waals surface area contributed by atoms with Gasteiger partial charge in [0.05, 0.1) is 12.7 Å². The van der Waals surface area contributed by atoms with Gasteiger partial charge in [0.1, 0.15) is 5.69 Å². The summed E-state index contributed by atoms with van der Waals surface area (Å²) in [7, 11) is 0. The number of aliphatic imine (C=N–C) groups is 1. The number of halogens is 1. The van der Waals surface area contributed by atoms with Crippen LogP contribution in [0.25, 0.3) is 11.1 Å². The van der Waals surface area contributed by atoms with Gasteiger partial charge in [0.15, 0.2) is 5.69 Å². The first-order valence-electron chi connectivity index (χ1n) is 7.69. The highest BCUT2D eigenvalue weighted by molar-refractivity contribution is 6.30. The molecule has 1 unspecified atom stereocenters. The van der Waals surface area contributed by atoms with Crippen LogP contribution in [0.2, 0.25) is 5.02 Å². The molecule has 1 aromatic heterocycles. The molecule has 0 fully saturated rings. The molecule has 0 spiro atoms. The van der Waals surface area contributed by atoms with E-state index < -0.39 is 0 Å². The predicted molar refractivity (Wildman–Crippen MR) is 97.4 cm³/mol. The first-order valence-corrected chi connectivity index (χ1v) is 8.07. The van der Waals surface area contributed by atoms with Crippen LogP contribution in [0.5, 0.6) is 0 Å². The standard InChI is InChI=1S/C17H15ClN6O/c18-14-4-1-11(2-5-14)8-19-17-22-15-6-3-12(13-9-20-21-10-13)7-16(15)24(25)23-17/h1-7,9-10,24H,8H2,(H,20,21)(H2,19,22,23). The summed E-state index contributed by atoms with van der Waals surface area (Å²) in [5.74, 6) is 0.434. The van der Waals surface area contributed by atoms with Crippen molar-refractivity contribution in [1.82, 2.24) is 15.6 Å².